The third kappa shape index (κ3) is 4.39. The van der Waals surface area contributed by atoms with E-state index < -0.39 is 0 Å². The average Bonchev–Trinajstić information content (AvgIpc) is 3.12. The molecule has 0 aliphatic heterocycles. The maximum absolute atomic E-state index is 2.42. The molecule has 0 saturated carbocycles. The van der Waals surface area contributed by atoms with Gasteiger partial charge in [0.15, 0.2) is 0 Å². The molecule has 0 heterocycles. The van der Waals surface area contributed by atoms with E-state index in [4.69, 9.17) is 0 Å². The van der Waals surface area contributed by atoms with E-state index in [0.29, 0.717) is 5.92 Å². The van der Waals surface area contributed by atoms with Crippen LogP contribution in [0.25, 0.3) is 60.3 Å². The van der Waals surface area contributed by atoms with E-state index in [0.717, 1.165) is 23.5 Å². The molecular weight excluding hydrogens is 555 g/mol. The highest BCUT2D eigenvalue weighted by Crippen LogP contribution is 2.42. The van der Waals surface area contributed by atoms with Gasteiger partial charge in [-0.1, -0.05) is 134 Å². The van der Waals surface area contributed by atoms with Gasteiger partial charge in [0.25, 0.3) is 0 Å². The van der Waals surface area contributed by atoms with Crippen molar-refractivity contribution in [2.24, 2.45) is 0 Å². The van der Waals surface area contributed by atoms with Crippen LogP contribution in [-0.2, 0) is 0 Å². The number of nitrogens with zero attached hydrogens (tertiary/aromatic N) is 1. The van der Waals surface area contributed by atoms with Crippen LogP contribution < -0.4 is 4.90 Å². The molecule has 8 aromatic rings. The zero-order chi connectivity index (χ0) is 30.6. The Bertz CT molecular complexity index is 2450. The first-order valence-corrected chi connectivity index (χ1v) is 16.2. The van der Waals surface area contributed by atoms with Crippen LogP contribution in [0.3, 0.4) is 0 Å². The van der Waals surface area contributed by atoms with Crippen molar-refractivity contribution >= 4 is 66.2 Å². The summed E-state index contributed by atoms with van der Waals surface area (Å²) < 4.78 is 0. The van der Waals surface area contributed by atoms with Crippen molar-refractivity contribution in [2.75, 3.05) is 4.90 Å². The molecule has 9 rings (SSSR count). The molecule has 0 N–H and O–H groups in total. The smallest absolute Gasteiger partial charge is 0.0468 e. The van der Waals surface area contributed by atoms with Crippen LogP contribution in [0.5, 0.6) is 0 Å². The standard InChI is InChI=1S/C45H33N/c1-30-8-7-13-41-39(30)25-18-34-16-23-37(28-44(34)41)46(36-21-14-32(15-22-36)31-9-3-2-4-10-31)38-24-17-35-20-26-42-40-12-6-5-11-33(40)19-27-43(42)45(35)29-38/h2-7,9-30H,8H2,1H3. The minimum absolute atomic E-state index is 0.527. The monoisotopic (exact) mass is 587 g/mol. The second kappa shape index (κ2) is 10.8. The van der Waals surface area contributed by atoms with Gasteiger partial charge in [0.05, 0.1) is 0 Å². The molecule has 0 amide bonds. The Morgan fingerprint density at radius 1 is 0.457 bits per heavy atom. The van der Waals surface area contributed by atoms with Crippen molar-refractivity contribution in [3.8, 4) is 11.1 Å². The average molecular weight is 588 g/mol. The van der Waals surface area contributed by atoms with Crippen LogP contribution in [0.4, 0.5) is 17.1 Å². The Morgan fingerprint density at radius 3 is 1.80 bits per heavy atom. The lowest BCUT2D eigenvalue weighted by atomic mass is 9.85. The van der Waals surface area contributed by atoms with Crippen molar-refractivity contribution < 1.29 is 0 Å². The summed E-state index contributed by atoms with van der Waals surface area (Å²) in [5, 5.41) is 10.2. The fourth-order valence-corrected chi connectivity index (χ4v) is 7.45. The first kappa shape index (κ1) is 26.7. The zero-order valence-corrected chi connectivity index (χ0v) is 25.8. The Labute approximate surface area is 269 Å². The second-order valence-electron chi connectivity index (χ2n) is 12.6. The van der Waals surface area contributed by atoms with Crippen molar-refractivity contribution in [1.29, 1.82) is 0 Å². The molecule has 0 aromatic heterocycles. The molecule has 1 nitrogen and oxygen atoms in total. The normalized spacial score (nSPS) is 14.2. The quantitative estimate of drug-likeness (QED) is 0.185. The summed E-state index contributed by atoms with van der Waals surface area (Å²) in [7, 11) is 0. The van der Waals surface area contributed by atoms with Crippen LogP contribution in [0.2, 0.25) is 0 Å². The Kier molecular flexibility index (Phi) is 6.24. The van der Waals surface area contributed by atoms with E-state index in [1.807, 2.05) is 0 Å². The minimum atomic E-state index is 0.527. The molecule has 0 fully saturated rings. The maximum Gasteiger partial charge on any atom is 0.0468 e. The van der Waals surface area contributed by atoms with E-state index in [1.54, 1.807) is 0 Å². The molecular formula is C45H33N. The van der Waals surface area contributed by atoms with Crippen LogP contribution >= 0.6 is 0 Å². The third-order valence-electron chi connectivity index (χ3n) is 9.86. The fraction of sp³-hybridized carbons (Fsp3) is 0.0667. The predicted molar refractivity (Wildman–Crippen MR) is 199 cm³/mol. The molecule has 1 heteroatoms. The number of allylic oxidation sites excluding steroid dienone is 1. The zero-order valence-electron chi connectivity index (χ0n) is 25.8. The summed E-state index contributed by atoms with van der Waals surface area (Å²) in [5.74, 6) is 0.527. The second-order valence-corrected chi connectivity index (χ2v) is 12.6. The highest BCUT2D eigenvalue weighted by molar-refractivity contribution is 6.17. The summed E-state index contributed by atoms with van der Waals surface area (Å²) >= 11 is 0. The van der Waals surface area contributed by atoms with Crippen molar-refractivity contribution in [3.63, 3.8) is 0 Å². The molecule has 1 aliphatic rings. The fourth-order valence-electron chi connectivity index (χ4n) is 7.45. The largest absolute Gasteiger partial charge is 0.310 e. The molecule has 0 spiro atoms. The predicted octanol–water partition coefficient (Wildman–Crippen LogP) is 13.0. The summed E-state index contributed by atoms with van der Waals surface area (Å²) in [5.41, 5.74) is 8.68. The lowest BCUT2D eigenvalue weighted by Crippen LogP contribution is -2.10. The van der Waals surface area contributed by atoms with Gasteiger partial charge in [-0.3, -0.25) is 0 Å². The van der Waals surface area contributed by atoms with Gasteiger partial charge in [0, 0.05) is 17.1 Å². The van der Waals surface area contributed by atoms with E-state index in [1.165, 1.54) is 65.3 Å². The molecule has 46 heavy (non-hydrogen) atoms. The molecule has 0 bridgehead atoms. The molecule has 8 aromatic carbocycles. The number of anilines is 3. The van der Waals surface area contributed by atoms with E-state index in [-0.39, 0.29) is 0 Å². The first-order chi connectivity index (χ1) is 22.7. The number of rotatable bonds is 4. The Hall–Kier alpha value is -5.66. The van der Waals surface area contributed by atoms with Gasteiger partial charge in [-0.05, 0) is 114 Å². The van der Waals surface area contributed by atoms with E-state index >= 15 is 0 Å². The highest BCUT2D eigenvalue weighted by atomic mass is 15.1. The van der Waals surface area contributed by atoms with Gasteiger partial charge in [-0.15, -0.1) is 0 Å². The molecule has 1 atom stereocenters. The SMILES string of the molecule is CC1CC=Cc2c1ccc1ccc(N(c3ccc(-c4ccccc4)cc3)c3ccc4ccc5c6ccccc6ccc5c4c3)cc21. The lowest BCUT2D eigenvalue weighted by molar-refractivity contribution is 0.773. The van der Waals surface area contributed by atoms with Crippen LogP contribution in [0, 0.1) is 0 Å². The molecule has 0 radical (unpaired) electrons. The molecule has 218 valence electrons. The number of hydrogen-bond acceptors (Lipinski definition) is 1. The van der Waals surface area contributed by atoms with E-state index in [9.17, 15) is 0 Å². The Morgan fingerprint density at radius 2 is 1.02 bits per heavy atom. The van der Waals surface area contributed by atoms with Crippen LogP contribution in [-0.4, -0.2) is 0 Å². The summed E-state index contributed by atoms with van der Waals surface area (Å²) in [6, 6.07) is 55.9. The van der Waals surface area contributed by atoms with Crippen LogP contribution in [0.15, 0.2) is 158 Å². The van der Waals surface area contributed by atoms with Crippen LogP contribution in [0.1, 0.15) is 30.4 Å². The van der Waals surface area contributed by atoms with Gasteiger partial charge in [-0.2, -0.15) is 0 Å². The topological polar surface area (TPSA) is 3.24 Å². The van der Waals surface area contributed by atoms with Gasteiger partial charge < -0.3 is 4.90 Å². The summed E-state index contributed by atoms with van der Waals surface area (Å²) in [6.07, 6.45) is 5.75. The number of hydrogen-bond donors (Lipinski definition) is 0. The summed E-state index contributed by atoms with van der Waals surface area (Å²) in [6.45, 7) is 2.33. The van der Waals surface area contributed by atoms with Gasteiger partial charge >= 0.3 is 0 Å². The summed E-state index contributed by atoms with van der Waals surface area (Å²) in [4.78, 5) is 2.42. The van der Waals surface area contributed by atoms with Crippen molar-refractivity contribution in [3.05, 3.63) is 169 Å². The van der Waals surface area contributed by atoms with Gasteiger partial charge in [0.1, 0.15) is 0 Å². The number of fused-ring (bicyclic) bond motifs is 8. The maximum atomic E-state index is 2.42. The van der Waals surface area contributed by atoms with Gasteiger partial charge in [0.2, 0.25) is 0 Å². The lowest BCUT2D eigenvalue weighted by Gasteiger charge is -2.27. The van der Waals surface area contributed by atoms with Crippen molar-refractivity contribution in [1.82, 2.24) is 0 Å². The molecule has 1 aliphatic carbocycles. The van der Waals surface area contributed by atoms with Gasteiger partial charge in [-0.25, -0.2) is 0 Å². The Balaban J connectivity index is 1.26. The first-order valence-electron chi connectivity index (χ1n) is 16.2. The minimum Gasteiger partial charge on any atom is -0.310 e. The van der Waals surface area contributed by atoms with Crippen molar-refractivity contribution in [2.45, 2.75) is 19.3 Å². The van der Waals surface area contributed by atoms with E-state index in [2.05, 4.69) is 176 Å². The molecule has 1 unspecified atom stereocenters. The highest BCUT2D eigenvalue weighted by Gasteiger charge is 2.19. The third-order valence-corrected chi connectivity index (χ3v) is 9.86. The molecule has 0 saturated heterocycles. The number of benzene rings is 8.